The molecule has 1 atom stereocenters. The van der Waals surface area contributed by atoms with Crippen LogP contribution in [0.3, 0.4) is 0 Å². The molecule has 0 aliphatic carbocycles. The molecular weight excluding hydrogens is 480 g/mol. The predicted octanol–water partition coefficient (Wildman–Crippen LogP) is 6.26. The third-order valence-corrected chi connectivity index (χ3v) is 8.63. The number of ether oxygens (including phenoxy) is 1. The molecule has 0 bridgehead atoms. The van der Waals surface area contributed by atoms with Crippen LogP contribution in [0.2, 0.25) is 0 Å². The van der Waals surface area contributed by atoms with Gasteiger partial charge in [0.1, 0.15) is 0 Å². The second kappa shape index (κ2) is 10.2. The van der Waals surface area contributed by atoms with Crippen LogP contribution in [-0.2, 0) is 9.53 Å². The highest BCUT2D eigenvalue weighted by Gasteiger charge is 2.38. The minimum Gasteiger partial charge on any atom is -0.378 e. The van der Waals surface area contributed by atoms with Gasteiger partial charge in [0, 0.05) is 43.1 Å². The van der Waals surface area contributed by atoms with Crippen LogP contribution in [0.1, 0.15) is 58.1 Å². The highest BCUT2D eigenvalue weighted by Crippen LogP contribution is 2.45. The Kier molecular flexibility index (Phi) is 7.12. The first-order chi connectivity index (χ1) is 17.6. The van der Waals surface area contributed by atoms with Crippen molar-refractivity contribution in [3.63, 3.8) is 0 Å². The number of aliphatic imine (C=N–C) groups is 1. The van der Waals surface area contributed by atoms with Crippen molar-refractivity contribution in [2.24, 2.45) is 4.99 Å². The third-order valence-electron chi connectivity index (χ3n) is 7.57. The molecule has 1 amide bonds. The van der Waals surface area contributed by atoms with E-state index in [-0.39, 0.29) is 11.4 Å². The minimum absolute atomic E-state index is 0.00982. The molecule has 3 heterocycles. The Balaban J connectivity index is 1.37. The lowest BCUT2D eigenvalue weighted by Crippen LogP contribution is -2.51. The number of carbonyl (C=O) groups is 1. The van der Waals surface area contributed by atoms with E-state index in [4.69, 9.17) is 9.73 Å². The highest BCUT2D eigenvalue weighted by atomic mass is 32.2. The molecule has 2 aromatic carbocycles. The smallest absolute Gasteiger partial charge is 0.266 e. The summed E-state index contributed by atoms with van der Waals surface area (Å²) in [5.74, 6) is 0.454. The molecule has 3 aliphatic rings. The topological polar surface area (TPSA) is 48.4 Å². The van der Waals surface area contributed by atoms with E-state index in [1.54, 1.807) is 11.9 Å². The fraction of sp³-hybridized carbons (Fsp3) is 0.467. The van der Waals surface area contributed by atoms with Gasteiger partial charge < -0.3 is 14.5 Å². The molecule has 0 unspecified atom stereocenters. The van der Waals surface area contributed by atoms with E-state index < -0.39 is 0 Å². The Labute approximate surface area is 225 Å². The number of amides is 1. The lowest BCUT2D eigenvalue weighted by molar-refractivity contribution is -0.121. The second-order valence-corrected chi connectivity index (χ2v) is 12.2. The van der Waals surface area contributed by atoms with Crippen LogP contribution in [-0.4, -0.2) is 60.9 Å². The van der Waals surface area contributed by atoms with Gasteiger partial charge in [0.15, 0.2) is 5.17 Å². The number of nitrogens with zero attached hydrogens (tertiary/aromatic N) is 4. The maximum atomic E-state index is 13.1. The van der Waals surface area contributed by atoms with Gasteiger partial charge in [-0.2, -0.15) is 0 Å². The molecule has 0 N–H and O–H groups in total. The number of rotatable bonds is 4. The number of hydrogen-bond donors (Lipinski definition) is 0. The maximum Gasteiger partial charge on any atom is 0.266 e. The van der Waals surface area contributed by atoms with Crippen molar-refractivity contribution in [2.75, 3.05) is 43.2 Å². The number of hydrogen-bond acceptors (Lipinski definition) is 6. The van der Waals surface area contributed by atoms with E-state index >= 15 is 0 Å². The summed E-state index contributed by atoms with van der Waals surface area (Å²) in [6.45, 7) is 14.9. The van der Waals surface area contributed by atoms with E-state index in [1.165, 1.54) is 28.7 Å². The summed E-state index contributed by atoms with van der Waals surface area (Å²) in [6.07, 6.45) is 3.12. The Morgan fingerprint density at radius 2 is 1.81 bits per heavy atom. The van der Waals surface area contributed by atoms with Crippen molar-refractivity contribution in [1.82, 2.24) is 4.90 Å². The van der Waals surface area contributed by atoms with Gasteiger partial charge in [0.2, 0.25) is 0 Å². The van der Waals surface area contributed by atoms with E-state index in [0.29, 0.717) is 22.0 Å². The fourth-order valence-electron chi connectivity index (χ4n) is 6.01. The van der Waals surface area contributed by atoms with Crippen LogP contribution < -0.4 is 9.80 Å². The van der Waals surface area contributed by atoms with Gasteiger partial charge in [-0.15, -0.1) is 0 Å². The molecule has 2 aromatic rings. The molecule has 6 nitrogen and oxygen atoms in total. The van der Waals surface area contributed by atoms with Crippen LogP contribution >= 0.6 is 11.8 Å². The summed E-state index contributed by atoms with van der Waals surface area (Å²) in [5.41, 5.74) is 5.88. The van der Waals surface area contributed by atoms with Crippen LogP contribution in [0.15, 0.2) is 52.4 Å². The standard InChI is InChI=1S/C30H38N4O2S/c1-20(2)34-26-12-7-22(17-25(26)21(3)19-30(34,4)5)18-27-28(35)32(6)29(37-27)31-23-8-10-24(11-9-23)33-13-15-36-16-14-33/h7-12,17-18,20-21H,13-16,19H2,1-6H3/b27-18-,31-29?/t21-/m1/s1. The molecule has 37 heavy (non-hydrogen) atoms. The number of amidine groups is 1. The molecule has 7 heteroatoms. The van der Waals surface area contributed by atoms with Crippen LogP contribution in [0.25, 0.3) is 6.08 Å². The summed E-state index contributed by atoms with van der Waals surface area (Å²) >= 11 is 1.44. The van der Waals surface area contributed by atoms with Crippen LogP contribution in [0.4, 0.5) is 17.1 Å². The number of fused-ring (bicyclic) bond motifs is 1. The van der Waals surface area contributed by atoms with Gasteiger partial charge in [-0.25, -0.2) is 4.99 Å². The van der Waals surface area contributed by atoms with Gasteiger partial charge in [0.05, 0.1) is 23.8 Å². The average Bonchev–Trinajstić information content (AvgIpc) is 3.12. The number of carbonyl (C=O) groups excluding carboxylic acids is 1. The monoisotopic (exact) mass is 518 g/mol. The zero-order chi connectivity index (χ0) is 26.3. The first-order valence-corrected chi connectivity index (χ1v) is 14.1. The van der Waals surface area contributed by atoms with Crippen LogP contribution in [0.5, 0.6) is 0 Å². The third kappa shape index (κ3) is 5.16. The van der Waals surface area contributed by atoms with Crippen molar-refractivity contribution in [2.45, 2.75) is 58.5 Å². The predicted molar refractivity (Wildman–Crippen MR) is 156 cm³/mol. The fourth-order valence-corrected chi connectivity index (χ4v) is 7.00. The molecule has 5 rings (SSSR count). The largest absolute Gasteiger partial charge is 0.378 e. The summed E-state index contributed by atoms with van der Waals surface area (Å²) in [4.78, 5) is 25.1. The van der Waals surface area contributed by atoms with Crippen molar-refractivity contribution >= 4 is 46.0 Å². The summed E-state index contributed by atoms with van der Waals surface area (Å²) < 4.78 is 5.45. The normalized spacial score (nSPS) is 23.9. The molecule has 3 aliphatic heterocycles. The highest BCUT2D eigenvalue weighted by molar-refractivity contribution is 8.18. The van der Waals surface area contributed by atoms with Gasteiger partial charge >= 0.3 is 0 Å². The van der Waals surface area contributed by atoms with Crippen molar-refractivity contribution < 1.29 is 9.53 Å². The maximum absolute atomic E-state index is 13.1. The lowest BCUT2D eigenvalue weighted by atomic mass is 9.79. The quantitative estimate of drug-likeness (QED) is 0.447. The number of likely N-dealkylation sites (N-methyl/N-ethyl adjacent to an activating group) is 1. The van der Waals surface area contributed by atoms with Gasteiger partial charge in [-0.1, -0.05) is 13.0 Å². The molecule has 2 fully saturated rings. The molecule has 0 aromatic heterocycles. The average molecular weight is 519 g/mol. The number of thioether (sulfide) groups is 1. The zero-order valence-electron chi connectivity index (χ0n) is 22.8. The number of benzene rings is 2. The van der Waals surface area contributed by atoms with Gasteiger partial charge in [-0.05, 0) is 105 Å². The Bertz CT molecular complexity index is 1230. The number of anilines is 2. The Morgan fingerprint density at radius 1 is 1.11 bits per heavy atom. The molecule has 0 radical (unpaired) electrons. The van der Waals surface area contributed by atoms with E-state index in [9.17, 15) is 4.79 Å². The van der Waals surface area contributed by atoms with E-state index in [1.807, 2.05) is 18.2 Å². The first kappa shape index (κ1) is 25.9. The molecule has 2 saturated heterocycles. The molecule has 0 saturated carbocycles. The summed E-state index contributed by atoms with van der Waals surface area (Å²) in [6, 6.07) is 15.3. The first-order valence-electron chi connectivity index (χ1n) is 13.3. The summed E-state index contributed by atoms with van der Waals surface area (Å²) in [5, 5.41) is 0.703. The molecular formula is C30H38N4O2S. The van der Waals surface area contributed by atoms with Gasteiger partial charge in [-0.3, -0.25) is 9.69 Å². The minimum atomic E-state index is -0.00982. The van der Waals surface area contributed by atoms with Crippen LogP contribution in [0, 0.1) is 0 Å². The van der Waals surface area contributed by atoms with E-state index in [2.05, 4.69) is 74.8 Å². The van der Waals surface area contributed by atoms with Crippen molar-refractivity contribution in [3.8, 4) is 0 Å². The van der Waals surface area contributed by atoms with Crippen molar-refractivity contribution in [3.05, 3.63) is 58.5 Å². The molecule has 0 spiro atoms. The van der Waals surface area contributed by atoms with Gasteiger partial charge in [0.25, 0.3) is 5.91 Å². The Hall–Kier alpha value is -2.77. The second-order valence-electron chi connectivity index (χ2n) is 11.2. The Morgan fingerprint density at radius 3 is 2.49 bits per heavy atom. The lowest BCUT2D eigenvalue weighted by Gasteiger charge is -2.50. The van der Waals surface area contributed by atoms with Crippen molar-refractivity contribution in [1.29, 1.82) is 0 Å². The number of morpholine rings is 1. The summed E-state index contributed by atoms with van der Waals surface area (Å²) in [7, 11) is 1.80. The molecule has 196 valence electrons. The SMILES string of the molecule is CC(C)N1c2ccc(/C=C3\SC(=Nc4ccc(N5CCOCC5)cc4)N(C)C3=O)cc2[C@H](C)CC1(C)C. The van der Waals surface area contributed by atoms with E-state index in [0.717, 1.165) is 44.0 Å². The zero-order valence-corrected chi connectivity index (χ0v) is 23.6.